The summed E-state index contributed by atoms with van der Waals surface area (Å²) in [4.78, 5) is 28.7. The molecule has 2 heterocycles. The van der Waals surface area contributed by atoms with Crippen LogP contribution in [0.15, 0.2) is 36.9 Å². The van der Waals surface area contributed by atoms with Crippen molar-refractivity contribution in [1.82, 2.24) is 14.6 Å². The number of fused-ring (bicyclic) bond motifs is 1. The van der Waals surface area contributed by atoms with Crippen LogP contribution in [-0.4, -0.2) is 52.8 Å². The zero-order valence-electron chi connectivity index (χ0n) is 15.3. The largest absolute Gasteiger partial charge is 0.352 e. The van der Waals surface area contributed by atoms with Gasteiger partial charge >= 0.3 is 0 Å². The minimum Gasteiger partial charge on any atom is -0.352 e. The molecule has 1 aromatic heterocycles. The number of carbonyl (C=O) groups excluding carboxylic acids is 2. The average Bonchev–Trinajstić information content (AvgIpc) is 3.10. The van der Waals surface area contributed by atoms with E-state index in [1.54, 1.807) is 0 Å². The van der Waals surface area contributed by atoms with Gasteiger partial charge in [-0.2, -0.15) is 4.37 Å². The second kappa shape index (κ2) is 7.31. The Labute approximate surface area is 163 Å². The Morgan fingerprint density at radius 1 is 1.22 bits per heavy atom. The molecule has 1 aromatic carbocycles. The second-order valence-corrected chi connectivity index (χ2v) is 8.18. The van der Waals surface area contributed by atoms with Crippen LogP contribution in [0.3, 0.4) is 0 Å². The van der Waals surface area contributed by atoms with Gasteiger partial charge < -0.3 is 15.1 Å². The van der Waals surface area contributed by atoms with E-state index >= 15 is 0 Å². The number of rotatable bonds is 5. The first-order chi connectivity index (χ1) is 13.1. The molecular weight excluding hydrogens is 360 g/mol. The van der Waals surface area contributed by atoms with Gasteiger partial charge in [-0.1, -0.05) is 18.7 Å². The van der Waals surface area contributed by atoms with E-state index in [1.807, 2.05) is 17.0 Å². The van der Waals surface area contributed by atoms with E-state index in [0.29, 0.717) is 19.5 Å². The van der Waals surface area contributed by atoms with Gasteiger partial charge in [0.2, 0.25) is 11.8 Å². The Kier molecular flexibility index (Phi) is 4.86. The molecule has 0 spiro atoms. The van der Waals surface area contributed by atoms with E-state index in [2.05, 4.69) is 33.3 Å². The van der Waals surface area contributed by atoms with Crippen LogP contribution in [-0.2, 0) is 9.59 Å². The standard InChI is InChI=1S/C20H24N4O2S/c1-2-17(25)21-20(8-5-9-20)14-18(26)23-10-12-24(13-11-23)19-15-6-3-4-7-16(15)27-22-19/h2-4,6-7H,1,5,8-14H2,(H,21,25). The lowest BCUT2D eigenvalue weighted by Crippen LogP contribution is -2.57. The molecule has 1 saturated carbocycles. The van der Waals surface area contributed by atoms with Crippen LogP contribution >= 0.6 is 11.5 Å². The molecule has 1 aliphatic heterocycles. The van der Waals surface area contributed by atoms with E-state index in [-0.39, 0.29) is 17.4 Å². The Balaban J connectivity index is 1.37. The Hall–Kier alpha value is -2.41. The lowest BCUT2D eigenvalue weighted by atomic mass is 9.74. The molecule has 0 atom stereocenters. The minimum absolute atomic E-state index is 0.127. The zero-order valence-corrected chi connectivity index (χ0v) is 16.1. The smallest absolute Gasteiger partial charge is 0.243 e. The highest BCUT2D eigenvalue weighted by Crippen LogP contribution is 2.36. The molecule has 0 unspecified atom stereocenters. The molecule has 0 radical (unpaired) electrons. The number of anilines is 1. The molecule has 4 rings (SSSR count). The second-order valence-electron chi connectivity index (χ2n) is 7.37. The van der Waals surface area contributed by atoms with Crippen LogP contribution in [0.2, 0.25) is 0 Å². The van der Waals surface area contributed by atoms with Crippen LogP contribution in [0.25, 0.3) is 10.1 Å². The third-order valence-electron chi connectivity index (χ3n) is 5.66. The Bertz CT molecular complexity index is 866. The van der Waals surface area contributed by atoms with Crippen molar-refractivity contribution >= 4 is 39.3 Å². The molecular formula is C20H24N4O2S. The van der Waals surface area contributed by atoms with Gasteiger partial charge in [0.25, 0.3) is 0 Å². The van der Waals surface area contributed by atoms with Crippen molar-refractivity contribution in [2.24, 2.45) is 0 Å². The fourth-order valence-corrected chi connectivity index (χ4v) is 4.73. The lowest BCUT2D eigenvalue weighted by Gasteiger charge is -2.44. The van der Waals surface area contributed by atoms with Crippen molar-refractivity contribution in [3.63, 3.8) is 0 Å². The summed E-state index contributed by atoms with van der Waals surface area (Å²) in [5.41, 5.74) is -0.370. The average molecular weight is 385 g/mol. The topological polar surface area (TPSA) is 65.5 Å². The Morgan fingerprint density at radius 3 is 2.63 bits per heavy atom. The highest BCUT2D eigenvalue weighted by molar-refractivity contribution is 7.13. The number of benzene rings is 1. The first-order valence-electron chi connectivity index (χ1n) is 9.42. The highest BCUT2D eigenvalue weighted by Gasteiger charge is 2.41. The summed E-state index contributed by atoms with van der Waals surface area (Å²) in [6, 6.07) is 8.26. The summed E-state index contributed by atoms with van der Waals surface area (Å²) >= 11 is 1.52. The van der Waals surface area contributed by atoms with E-state index in [1.165, 1.54) is 27.7 Å². The number of carbonyl (C=O) groups is 2. The summed E-state index contributed by atoms with van der Waals surface area (Å²) in [5.74, 6) is 0.959. The first kappa shape index (κ1) is 18.0. The summed E-state index contributed by atoms with van der Waals surface area (Å²) < 4.78 is 5.81. The van der Waals surface area contributed by atoms with Gasteiger partial charge in [0.15, 0.2) is 0 Å². The SMILES string of the molecule is C=CC(=O)NC1(CC(=O)N2CCN(c3nsc4ccccc34)CC2)CCC1. The summed E-state index contributed by atoms with van der Waals surface area (Å²) in [7, 11) is 0. The summed E-state index contributed by atoms with van der Waals surface area (Å²) in [6.07, 6.45) is 4.44. The lowest BCUT2D eigenvalue weighted by molar-refractivity contribution is -0.134. The summed E-state index contributed by atoms with van der Waals surface area (Å²) in [6.45, 7) is 6.46. The van der Waals surface area contributed by atoms with Gasteiger partial charge in [-0.15, -0.1) is 0 Å². The van der Waals surface area contributed by atoms with Crippen LogP contribution in [0.4, 0.5) is 5.82 Å². The number of piperazine rings is 1. The quantitative estimate of drug-likeness (QED) is 0.805. The van der Waals surface area contributed by atoms with Gasteiger partial charge in [-0.3, -0.25) is 9.59 Å². The van der Waals surface area contributed by atoms with Gasteiger partial charge in [0.05, 0.1) is 4.70 Å². The molecule has 0 bridgehead atoms. The molecule has 2 fully saturated rings. The van der Waals surface area contributed by atoms with Gasteiger partial charge in [0, 0.05) is 43.5 Å². The number of nitrogens with zero attached hydrogens (tertiary/aromatic N) is 3. The highest BCUT2D eigenvalue weighted by atomic mass is 32.1. The fraction of sp³-hybridized carbons (Fsp3) is 0.450. The van der Waals surface area contributed by atoms with E-state index in [0.717, 1.165) is 38.2 Å². The maximum atomic E-state index is 12.8. The van der Waals surface area contributed by atoms with Crippen molar-refractivity contribution < 1.29 is 9.59 Å². The number of aromatic nitrogens is 1. The molecule has 2 aromatic rings. The summed E-state index contributed by atoms with van der Waals surface area (Å²) in [5, 5.41) is 4.16. The molecule has 7 heteroatoms. The monoisotopic (exact) mass is 384 g/mol. The van der Waals surface area contributed by atoms with Crippen molar-refractivity contribution in [3.8, 4) is 0 Å². The third kappa shape index (κ3) is 3.56. The van der Waals surface area contributed by atoms with E-state index in [9.17, 15) is 9.59 Å². The molecule has 1 N–H and O–H groups in total. The van der Waals surface area contributed by atoms with E-state index in [4.69, 9.17) is 0 Å². The minimum atomic E-state index is -0.370. The van der Waals surface area contributed by atoms with Gasteiger partial charge in [0.1, 0.15) is 5.82 Å². The Morgan fingerprint density at radius 2 is 1.96 bits per heavy atom. The van der Waals surface area contributed by atoms with Crippen LogP contribution in [0.5, 0.6) is 0 Å². The van der Waals surface area contributed by atoms with Crippen LogP contribution in [0, 0.1) is 0 Å². The zero-order chi connectivity index (χ0) is 18.9. The van der Waals surface area contributed by atoms with E-state index < -0.39 is 0 Å². The van der Waals surface area contributed by atoms with Gasteiger partial charge in [-0.05, 0) is 49.0 Å². The number of hydrogen-bond donors (Lipinski definition) is 1. The predicted octanol–water partition coefficient (Wildman–Crippen LogP) is 2.56. The molecule has 1 saturated heterocycles. The maximum Gasteiger partial charge on any atom is 0.243 e. The maximum absolute atomic E-state index is 12.8. The normalized spacial score (nSPS) is 18.8. The first-order valence-corrected chi connectivity index (χ1v) is 10.2. The van der Waals surface area contributed by atoms with Gasteiger partial charge in [-0.25, -0.2) is 0 Å². The van der Waals surface area contributed by atoms with Crippen molar-refractivity contribution in [2.75, 3.05) is 31.1 Å². The molecule has 6 nitrogen and oxygen atoms in total. The van der Waals surface area contributed by atoms with Crippen molar-refractivity contribution in [1.29, 1.82) is 0 Å². The van der Waals surface area contributed by atoms with Crippen molar-refractivity contribution in [3.05, 3.63) is 36.9 Å². The molecule has 27 heavy (non-hydrogen) atoms. The number of nitrogens with one attached hydrogen (secondary N) is 1. The predicted molar refractivity (Wildman–Crippen MR) is 108 cm³/mol. The van der Waals surface area contributed by atoms with Crippen molar-refractivity contribution in [2.45, 2.75) is 31.2 Å². The number of amides is 2. The molecule has 1 aliphatic carbocycles. The van der Waals surface area contributed by atoms with Crippen LogP contribution < -0.4 is 10.2 Å². The third-order valence-corrected chi connectivity index (χ3v) is 6.48. The molecule has 142 valence electrons. The van der Waals surface area contributed by atoms with Crippen LogP contribution in [0.1, 0.15) is 25.7 Å². The molecule has 2 amide bonds. The fourth-order valence-electron chi connectivity index (χ4n) is 3.93. The number of hydrogen-bond acceptors (Lipinski definition) is 5. The molecule has 2 aliphatic rings.